The molecule has 0 bridgehead atoms. The molecule has 10 heteroatoms. The molecule has 8 nitrogen and oxygen atoms in total. The van der Waals surface area contributed by atoms with Gasteiger partial charge < -0.3 is 18.7 Å². The van der Waals surface area contributed by atoms with Gasteiger partial charge in [0.2, 0.25) is 16.6 Å². The van der Waals surface area contributed by atoms with Crippen molar-refractivity contribution in [2.45, 2.75) is 73.4 Å². The van der Waals surface area contributed by atoms with Crippen molar-refractivity contribution in [3.63, 3.8) is 0 Å². The number of aliphatic hydroxyl groups excluding tert-OH is 1. The molecule has 0 saturated carbocycles. The van der Waals surface area contributed by atoms with Crippen molar-refractivity contribution in [2.24, 2.45) is 0 Å². The minimum atomic E-state index is -1.97. The first kappa shape index (κ1) is 47.8. The van der Waals surface area contributed by atoms with Gasteiger partial charge in [0, 0.05) is 16.7 Å². The molecule has 0 heterocycles. The Kier molecular flexibility index (Phi) is 18.2. The lowest BCUT2D eigenvalue weighted by atomic mass is 10.1. The predicted molar refractivity (Wildman–Crippen MR) is 248 cm³/mol. The van der Waals surface area contributed by atoms with Gasteiger partial charge in [-0.25, -0.2) is 4.79 Å². The Labute approximate surface area is 362 Å². The second kappa shape index (κ2) is 23.2. The number of esters is 1. The number of benzene rings is 6. The molecule has 1 N–H and O–H groups in total. The first-order valence-corrected chi connectivity index (χ1v) is 25.9. The number of ketones is 3. The van der Waals surface area contributed by atoms with E-state index in [2.05, 4.69) is 62.6 Å². The fourth-order valence-corrected chi connectivity index (χ4v) is 9.24. The van der Waals surface area contributed by atoms with E-state index in [4.69, 9.17) is 18.7 Å². The Morgan fingerprint density at radius 1 is 0.410 bits per heavy atom. The zero-order valence-electron chi connectivity index (χ0n) is 36.1. The summed E-state index contributed by atoms with van der Waals surface area (Å²) >= 11 is 0. The molecule has 316 valence electrons. The maximum atomic E-state index is 12.3. The van der Waals surface area contributed by atoms with E-state index < -0.39 is 16.6 Å². The normalized spacial score (nSPS) is 11.0. The molecule has 6 aromatic carbocycles. The third kappa shape index (κ3) is 15.6. The van der Waals surface area contributed by atoms with Crippen LogP contribution in [0, 0.1) is 0 Å². The minimum absolute atomic E-state index is 0.0115. The number of Topliss-reactive ketones (excluding diaryl/α,β-unsaturated/α-hetero) is 3. The van der Waals surface area contributed by atoms with Gasteiger partial charge in [-0.2, -0.15) is 0 Å². The van der Waals surface area contributed by atoms with Crippen LogP contribution in [0.1, 0.15) is 84.5 Å². The first-order valence-electron chi connectivity index (χ1n) is 20.1. The maximum absolute atomic E-state index is 12.3. The third-order valence-electron chi connectivity index (χ3n) is 9.96. The molecule has 6 aromatic rings. The molecule has 0 aliphatic carbocycles. The highest BCUT2D eigenvalue weighted by Crippen LogP contribution is 2.15. The summed E-state index contributed by atoms with van der Waals surface area (Å²) in [6.45, 7) is 14.7. The summed E-state index contributed by atoms with van der Waals surface area (Å²) in [6.07, 6.45) is 0. The van der Waals surface area contributed by atoms with E-state index in [1.165, 1.54) is 24.2 Å². The Balaban J connectivity index is 0.000000226. The zero-order chi connectivity index (χ0) is 44.4. The van der Waals surface area contributed by atoms with Gasteiger partial charge in [-0.05, 0) is 91.7 Å². The number of aliphatic hydroxyl groups is 1. The quantitative estimate of drug-likeness (QED) is 0.0617. The van der Waals surface area contributed by atoms with Gasteiger partial charge in [-0.15, -0.1) is 0 Å². The molecular formula is C51H56O8Si2. The lowest BCUT2D eigenvalue weighted by Gasteiger charge is -2.23. The largest absolute Gasteiger partial charge is 0.457 e. The number of carbonyl (C=O) groups excluding carboxylic acids is 4. The van der Waals surface area contributed by atoms with Crippen LogP contribution in [-0.2, 0) is 40.0 Å². The van der Waals surface area contributed by atoms with E-state index in [9.17, 15) is 19.2 Å². The Bertz CT molecular complexity index is 2310. The summed E-state index contributed by atoms with van der Waals surface area (Å²) in [7, 11) is -3.84. The van der Waals surface area contributed by atoms with Crippen molar-refractivity contribution in [3.8, 4) is 0 Å². The highest BCUT2D eigenvalue weighted by Gasteiger charge is 2.26. The summed E-state index contributed by atoms with van der Waals surface area (Å²) in [5.74, 6) is -0.222. The van der Waals surface area contributed by atoms with Crippen LogP contribution < -0.4 is 10.4 Å². The van der Waals surface area contributed by atoms with Gasteiger partial charge in [-0.3, -0.25) is 14.4 Å². The number of hydrogen-bond acceptors (Lipinski definition) is 8. The highest BCUT2D eigenvalue weighted by molar-refractivity contribution is 6.84. The van der Waals surface area contributed by atoms with E-state index in [0.717, 1.165) is 27.8 Å². The van der Waals surface area contributed by atoms with Gasteiger partial charge >= 0.3 is 5.97 Å². The lowest BCUT2D eigenvalue weighted by molar-refractivity contribution is 0.0472. The molecule has 0 unspecified atom stereocenters. The van der Waals surface area contributed by atoms with Gasteiger partial charge in [0.25, 0.3) is 0 Å². The monoisotopic (exact) mass is 852 g/mol. The first-order chi connectivity index (χ1) is 29.1. The molecule has 0 atom stereocenters. The number of ether oxygens (including phenoxy) is 1. The molecule has 0 fully saturated rings. The number of hydrogen-bond donors (Lipinski definition) is 1. The van der Waals surface area contributed by atoms with Crippen LogP contribution in [0.5, 0.6) is 0 Å². The van der Waals surface area contributed by atoms with Crippen LogP contribution >= 0.6 is 0 Å². The van der Waals surface area contributed by atoms with Crippen LogP contribution in [0.4, 0.5) is 0 Å². The van der Waals surface area contributed by atoms with Crippen LogP contribution in [0.25, 0.3) is 0 Å². The molecular weight excluding hydrogens is 797 g/mol. The summed E-state index contributed by atoms with van der Waals surface area (Å²) in [4.78, 5) is 45.6. The maximum Gasteiger partial charge on any atom is 0.338 e. The number of carbonyl (C=O) groups is 4. The molecule has 0 radical (unpaired) electrons. The summed E-state index contributed by atoms with van der Waals surface area (Å²) in [5.41, 5.74) is 6.35. The van der Waals surface area contributed by atoms with Gasteiger partial charge in [0.1, 0.15) is 6.61 Å². The summed E-state index contributed by atoms with van der Waals surface area (Å²) in [6, 6.07) is 49.6. The van der Waals surface area contributed by atoms with Crippen LogP contribution in [0.15, 0.2) is 158 Å². The molecule has 0 aromatic heterocycles. The van der Waals surface area contributed by atoms with E-state index in [0.29, 0.717) is 29.9 Å². The van der Waals surface area contributed by atoms with Gasteiger partial charge in [0.05, 0.1) is 25.4 Å². The molecule has 61 heavy (non-hydrogen) atoms. The van der Waals surface area contributed by atoms with E-state index in [1.54, 1.807) is 67.6 Å². The fourth-order valence-electron chi connectivity index (χ4n) is 5.86. The zero-order valence-corrected chi connectivity index (χ0v) is 38.1. The Morgan fingerprint density at radius 2 is 0.705 bits per heavy atom. The van der Waals surface area contributed by atoms with E-state index in [1.807, 2.05) is 60.7 Å². The third-order valence-corrected chi connectivity index (χ3v) is 15.1. The van der Waals surface area contributed by atoms with Crippen molar-refractivity contribution in [2.75, 3.05) is 0 Å². The highest BCUT2D eigenvalue weighted by atomic mass is 28.4. The van der Waals surface area contributed by atoms with Crippen molar-refractivity contribution >= 4 is 50.3 Å². The SMILES string of the molecule is CC(=O)c1ccc(CO)cc1.CC(=O)c1ccc(COC(=O)c2ccc(CO[Si](C)(C)c3ccccc3)cc2)cc1.CC(=O)c1ccc(CO[Si](C)(C)c2ccccc2)cc1. The topological polar surface area (TPSA) is 116 Å². The Hall–Kier alpha value is -5.89. The van der Waals surface area contributed by atoms with Crippen molar-refractivity contribution in [1.29, 1.82) is 0 Å². The minimum Gasteiger partial charge on any atom is -0.457 e. The Morgan fingerprint density at radius 3 is 1.02 bits per heavy atom. The van der Waals surface area contributed by atoms with Gasteiger partial charge in [0.15, 0.2) is 17.3 Å². The molecule has 0 aliphatic rings. The standard InChI is InChI=1S/C25H26O4Si.C17H20O2Si.C9H10O2/c1-19(26)22-13-9-20(10-14-22)17-28-25(27)23-15-11-21(12-16-23)18-29-30(2,3)24-7-5-4-6-8-24;1-14(18)16-11-9-15(10-12-16)13-19-20(2,3)17-7-5-4-6-8-17;1-7(11)9-4-2-8(6-10)3-5-9/h4-16H,17-18H2,1-3H3;4-12H,13H2,1-3H3;2-5,10H,6H2,1H3. The second-order valence-corrected chi connectivity index (χ2v) is 23.3. The van der Waals surface area contributed by atoms with Crippen LogP contribution in [0.2, 0.25) is 26.2 Å². The predicted octanol–water partition coefficient (Wildman–Crippen LogP) is 9.77. The second-order valence-electron chi connectivity index (χ2n) is 15.5. The van der Waals surface area contributed by atoms with E-state index >= 15 is 0 Å². The average Bonchev–Trinajstić information content (AvgIpc) is 3.28. The van der Waals surface area contributed by atoms with Crippen LogP contribution in [-0.4, -0.2) is 45.1 Å². The smallest absolute Gasteiger partial charge is 0.338 e. The van der Waals surface area contributed by atoms with Crippen molar-refractivity contribution < 1.29 is 37.9 Å². The number of rotatable bonds is 15. The lowest BCUT2D eigenvalue weighted by Crippen LogP contribution is -2.44. The molecule has 0 amide bonds. The van der Waals surface area contributed by atoms with Crippen molar-refractivity contribution in [3.05, 3.63) is 202 Å². The van der Waals surface area contributed by atoms with E-state index in [-0.39, 0.29) is 36.5 Å². The van der Waals surface area contributed by atoms with Crippen molar-refractivity contribution in [1.82, 2.24) is 0 Å². The molecule has 0 spiro atoms. The summed E-state index contributed by atoms with van der Waals surface area (Å²) in [5, 5.41) is 11.2. The summed E-state index contributed by atoms with van der Waals surface area (Å²) < 4.78 is 17.8. The van der Waals surface area contributed by atoms with Gasteiger partial charge in [-0.1, -0.05) is 146 Å². The molecule has 6 rings (SSSR count). The fraction of sp³-hybridized carbons (Fsp3) is 0.216. The van der Waals surface area contributed by atoms with Crippen LogP contribution in [0.3, 0.4) is 0 Å². The average molecular weight is 853 g/mol. The molecule has 0 saturated heterocycles. The molecule has 0 aliphatic heterocycles.